The standard InChI is InChI=1S/C8H11N5O7/c9-13-12-8(6-10-11-7(18)19-6)5(17)4(16)3(15)2(1-14)20-8/h2-5,14-17H,1H2,(H,11,18)/t2-,3+,4+,5-,8+/m1/s1. The van der Waals surface area contributed by atoms with Crippen LogP contribution in [-0.4, -0.2) is 61.6 Å². The summed E-state index contributed by atoms with van der Waals surface area (Å²) in [4.78, 5) is 13.4. The Bertz CT molecular complexity index is 578. The molecule has 0 aromatic carbocycles. The van der Waals surface area contributed by atoms with E-state index in [-0.39, 0.29) is 0 Å². The molecule has 110 valence electrons. The maximum atomic E-state index is 11.0. The van der Waals surface area contributed by atoms with Crippen LogP contribution in [0.4, 0.5) is 0 Å². The van der Waals surface area contributed by atoms with Crippen LogP contribution in [0.25, 0.3) is 10.4 Å². The van der Waals surface area contributed by atoms with Gasteiger partial charge in [-0.05, 0) is 10.6 Å². The van der Waals surface area contributed by atoms with Crippen molar-refractivity contribution in [3.63, 3.8) is 0 Å². The monoisotopic (exact) mass is 289 g/mol. The molecule has 5 atom stereocenters. The normalized spacial score (nSPS) is 37.4. The highest BCUT2D eigenvalue weighted by molar-refractivity contribution is 5.08. The molecule has 1 aliphatic heterocycles. The molecule has 20 heavy (non-hydrogen) atoms. The number of rotatable bonds is 3. The van der Waals surface area contributed by atoms with Crippen LogP contribution in [0.3, 0.4) is 0 Å². The molecule has 1 aromatic heterocycles. The van der Waals surface area contributed by atoms with E-state index >= 15 is 0 Å². The second kappa shape index (κ2) is 5.20. The van der Waals surface area contributed by atoms with Crippen LogP contribution in [0.2, 0.25) is 0 Å². The van der Waals surface area contributed by atoms with Gasteiger partial charge in [0.05, 0.1) is 6.61 Å². The topological polar surface area (TPSA) is 198 Å². The molecule has 0 unspecified atom stereocenters. The number of hydrogen-bond donors (Lipinski definition) is 5. The van der Waals surface area contributed by atoms with Gasteiger partial charge in [-0.2, -0.15) is 0 Å². The zero-order valence-electron chi connectivity index (χ0n) is 9.82. The van der Waals surface area contributed by atoms with E-state index < -0.39 is 48.4 Å². The maximum absolute atomic E-state index is 11.0. The van der Waals surface area contributed by atoms with E-state index in [4.69, 9.17) is 15.4 Å². The Morgan fingerprint density at radius 1 is 1.45 bits per heavy atom. The molecule has 0 amide bonds. The number of aromatic nitrogens is 2. The molecule has 1 aliphatic rings. The summed E-state index contributed by atoms with van der Waals surface area (Å²) in [6, 6.07) is 0. The fraction of sp³-hybridized carbons (Fsp3) is 0.750. The molecule has 5 N–H and O–H groups in total. The summed E-state index contributed by atoms with van der Waals surface area (Å²) >= 11 is 0. The van der Waals surface area contributed by atoms with Crippen molar-refractivity contribution in [1.82, 2.24) is 10.2 Å². The fourth-order valence-electron chi connectivity index (χ4n) is 1.91. The SMILES string of the molecule is [N-]=[N+]=N[C@]1(c2n[nH]c(=O)o2)O[C@H](CO)[C@H](O)[C@H](O)[C@H]1O. The van der Waals surface area contributed by atoms with Crippen molar-refractivity contribution >= 4 is 0 Å². The van der Waals surface area contributed by atoms with E-state index in [2.05, 4.69) is 19.5 Å². The molecule has 12 heteroatoms. The van der Waals surface area contributed by atoms with Crippen molar-refractivity contribution in [1.29, 1.82) is 0 Å². The molecule has 1 fully saturated rings. The summed E-state index contributed by atoms with van der Waals surface area (Å²) in [5, 5.41) is 46.8. The quantitative estimate of drug-likeness (QED) is 0.225. The molecule has 0 spiro atoms. The van der Waals surface area contributed by atoms with Gasteiger partial charge in [0.15, 0.2) is 0 Å². The molecular formula is C8H11N5O7. The lowest BCUT2D eigenvalue weighted by molar-refractivity contribution is -0.284. The lowest BCUT2D eigenvalue weighted by Crippen LogP contribution is -2.62. The minimum atomic E-state index is -2.39. The smallest absolute Gasteiger partial charge is 0.394 e. The van der Waals surface area contributed by atoms with E-state index in [1.807, 2.05) is 5.10 Å². The summed E-state index contributed by atoms with van der Waals surface area (Å²) in [5.74, 6) is -1.65. The van der Waals surface area contributed by atoms with E-state index in [0.29, 0.717) is 0 Å². The van der Waals surface area contributed by atoms with Gasteiger partial charge in [-0.3, -0.25) is 0 Å². The van der Waals surface area contributed by atoms with E-state index in [1.54, 1.807) is 0 Å². The van der Waals surface area contributed by atoms with Crippen LogP contribution in [0.1, 0.15) is 5.89 Å². The number of hydrogen-bond acceptors (Lipinski definition) is 9. The molecular weight excluding hydrogens is 278 g/mol. The molecule has 2 rings (SSSR count). The summed E-state index contributed by atoms with van der Waals surface area (Å²) < 4.78 is 9.69. The zero-order valence-corrected chi connectivity index (χ0v) is 9.82. The number of nitrogens with one attached hydrogen (secondary N) is 1. The minimum absolute atomic E-state index is 0.641. The number of aliphatic hydroxyl groups is 4. The summed E-state index contributed by atoms with van der Waals surface area (Å²) in [6.45, 7) is -0.748. The molecule has 0 saturated carbocycles. The van der Waals surface area contributed by atoms with E-state index in [1.165, 1.54) is 0 Å². The molecule has 2 heterocycles. The Hall–Kier alpha value is -1.95. The van der Waals surface area contributed by atoms with Gasteiger partial charge in [-0.15, -0.1) is 5.10 Å². The largest absolute Gasteiger partial charge is 0.434 e. The summed E-state index contributed by atoms with van der Waals surface area (Å²) in [7, 11) is 0. The van der Waals surface area contributed by atoms with E-state index in [9.17, 15) is 20.1 Å². The van der Waals surface area contributed by atoms with Gasteiger partial charge in [0.2, 0.25) is 0 Å². The first-order valence-electron chi connectivity index (χ1n) is 5.41. The second-order valence-electron chi connectivity index (χ2n) is 4.07. The molecule has 12 nitrogen and oxygen atoms in total. The van der Waals surface area contributed by atoms with E-state index in [0.717, 1.165) is 0 Å². The van der Waals surface area contributed by atoms with Crippen molar-refractivity contribution in [2.45, 2.75) is 30.1 Å². The Labute approximate surface area is 109 Å². The number of aromatic amines is 1. The van der Waals surface area contributed by atoms with Gasteiger partial charge in [-0.25, -0.2) is 9.89 Å². The van der Waals surface area contributed by atoms with Gasteiger partial charge < -0.3 is 29.6 Å². The van der Waals surface area contributed by atoms with Crippen molar-refractivity contribution in [2.24, 2.45) is 5.11 Å². The third-order valence-electron chi connectivity index (χ3n) is 2.90. The van der Waals surface area contributed by atoms with Crippen LogP contribution in [0, 0.1) is 0 Å². The third-order valence-corrected chi connectivity index (χ3v) is 2.90. The van der Waals surface area contributed by atoms with Crippen molar-refractivity contribution < 1.29 is 29.6 Å². The Morgan fingerprint density at radius 3 is 2.65 bits per heavy atom. The Kier molecular flexibility index (Phi) is 3.76. The van der Waals surface area contributed by atoms with Crippen molar-refractivity contribution in [2.75, 3.05) is 6.61 Å². The average Bonchev–Trinajstić information content (AvgIpc) is 2.87. The minimum Gasteiger partial charge on any atom is -0.394 e. The lowest BCUT2D eigenvalue weighted by Gasteiger charge is -2.43. The third kappa shape index (κ3) is 2.06. The first-order chi connectivity index (χ1) is 9.46. The predicted molar refractivity (Wildman–Crippen MR) is 57.9 cm³/mol. The van der Waals surface area contributed by atoms with Crippen molar-refractivity contribution in [3.05, 3.63) is 26.9 Å². The number of ether oxygens (including phenoxy) is 1. The highest BCUT2D eigenvalue weighted by Crippen LogP contribution is 2.38. The van der Waals surface area contributed by atoms with Gasteiger partial charge >= 0.3 is 5.76 Å². The number of H-pyrrole nitrogens is 1. The van der Waals surface area contributed by atoms with Gasteiger partial charge in [0, 0.05) is 4.91 Å². The van der Waals surface area contributed by atoms with Crippen LogP contribution < -0.4 is 5.76 Å². The molecule has 1 aromatic rings. The molecule has 1 saturated heterocycles. The first-order valence-corrected chi connectivity index (χ1v) is 5.41. The Balaban J connectivity index is 2.55. The summed E-state index contributed by atoms with van der Waals surface area (Å²) in [6.07, 6.45) is -6.82. The van der Waals surface area contributed by atoms with Crippen LogP contribution in [-0.2, 0) is 10.5 Å². The van der Waals surface area contributed by atoms with Crippen LogP contribution >= 0.6 is 0 Å². The highest BCUT2D eigenvalue weighted by atomic mass is 16.6. The second-order valence-corrected chi connectivity index (χ2v) is 4.07. The summed E-state index contributed by atoms with van der Waals surface area (Å²) in [5.41, 5.74) is 6.19. The molecule has 0 aliphatic carbocycles. The molecule has 0 radical (unpaired) electrons. The van der Waals surface area contributed by atoms with Gasteiger partial charge in [0.1, 0.15) is 24.4 Å². The predicted octanol–water partition coefficient (Wildman–Crippen LogP) is -2.70. The zero-order chi connectivity index (χ0) is 14.9. The number of nitrogens with zero attached hydrogens (tertiary/aromatic N) is 4. The van der Waals surface area contributed by atoms with Crippen molar-refractivity contribution in [3.8, 4) is 0 Å². The molecule has 0 bridgehead atoms. The number of aliphatic hydroxyl groups excluding tert-OH is 4. The Morgan fingerprint density at radius 2 is 2.15 bits per heavy atom. The van der Waals surface area contributed by atoms with Crippen LogP contribution in [0.5, 0.6) is 0 Å². The fourth-order valence-corrected chi connectivity index (χ4v) is 1.91. The highest BCUT2D eigenvalue weighted by Gasteiger charge is 2.57. The van der Waals surface area contributed by atoms with Crippen LogP contribution in [0.15, 0.2) is 14.3 Å². The average molecular weight is 289 g/mol. The first kappa shape index (κ1) is 14.5. The lowest BCUT2D eigenvalue weighted by atomic mass is 9.91. The van der Waals surface area contributed by atoms with Gasteiger partial charge in [-0.1, -0.05) is 0 Å². The maximum Gasteiger partial charge on any atom is 0.434 e. The van der Waals surface area contributed by atoms with Gasteiger partial charge in [0.25, 0.3) is 11.6 Å². The number of azide groups is 1.